The average molecular weight is 375 g/mol. The van der Waals surface area contributed by atoms with Gasteiger partial charge < -0.3 is 4.74 Å². The van der Waals surface area contributed by atoms with Crippen LogP contribution in [0.3, 0.4) is 0 Å². The zero-order valence-electron chi connectivity index (χ0n) is 12.2. The molecule has 2 aromatic rings. The fourth-order valence-electron chi connectivity index (χ4n) is 2.63. The Morgan fingerprint density at radius 1 is 1.36 bits per heavy atom. The molecule has 22 heavy (non-hydrogen) atoms. The molecule has 0 bridgehead atoms. The number of nitrogens with zero attached hydrogens (tertiary/aromatic N) is 2. The van der Waals surface area contributed by atoms with Crippen molar-refractivity contribution < 1.29 is 4.74 Å². The average Bonchev–Trinajstić information content (AvgIpc) is 2.91. The molecule has 5 heteroatoms. The van der Waals surface area contributed by atoms with Crippen LogP contribution in [-0.2, 0) is 12.8 Å². The molecule has 112 valence electrons. The molecule has 0 spiro atoms. The lowest BCUT2D eigenvalue weighted by molar-refractivity contribution is 0.414. The largest absolute Gasteiger partial charge is 0.497 e. The fourth-order valence-corrected chi connectivity index (χ4v) is 4.17. The van der Waals surface area contributed by atoms with E-state index in [0.29, 0.717) is 0 Å². The van der Waals surface area contributed by atoms with Crippen molar-refractivity contribution in [3.05, 3.63) is 44.2 Å². The second-order valence-corrected chi connectivity index (χ2v) is 7.09. The van der Waals surface area contributed by atoms with E-state index in [0.717, 1.165) is 39.2 Å². The second kappa shape index (κ2) is 6.64. The van der Waals surface area contributed by atoms with E-state index in [1.165, 1.54) is 23.3 Å². The number of aliphatic imine (C=N–C) groups is 1. The third kappa shape index (κ3) is 2.94. The molecule has 0 fully saturated rings. The Bertz CT molecular complexity index is 774. The number of nitriles is 1. The predicted octanol–water partition coefficient (Wildman–Crippen LogP) is 5.02. The van der Waals surface area contributed by atoms with Crippen LogP contribution in [0, 0.1) is 11.3 Å². The normalized spacial score (nSPS) is 13.9. The molecule has 0 atom stereocenters. The topological polar surface area (TPSA) is 45.4 Å². The molecule has 0 aliphatic heterocycles. The van der Waals surface area contributed by atoms with Crippen molar-refractivity contribution in [2.24, 2.45) is 4.99 Å². The van der Waals surface area contributed by atoms with E-state index in [1.54, 1.807) is 24.7 Å². The van der Waals surface area contributed by atoms with Gasteiger partial charge in [-0.25, -0.2) is 4.99 Å². The number of rotatable bonds is 3. The van der Waals surface area contributed by atoms with Gasteiger partial charge in [0.1, 0.15) is 16.8 Å². The quantitative estimate of drug-likeness (QED) is 0.707. The third-order valence-corrected chi connectivity index (χ3v) is 5.71. The fraction of sp³-hybridized carbons (Fsp3) is 0.294. The van der Waals surface area contributed by atoms with Crippen LogP contribution in [0.4, 0.5) is 5.00 Å². The second-order valence-electron chi connectivity index (χ2n) is 5.15. The minimum absolute atomic E-state index is 0.759. The zero-order valence-corrected chi connectivity index (χ0v) is 14.6. The van der Waals surface area contributed by atoms with Crippen LogP contribution in [0.1, 0.15) is 34.4 Å². The van der Waals surface area contributed by atoms with E-state index in [9.17, 15) is 5.26 Å². The van der Waals surface area contributed by atoms with Crippen molar-refractivity contribution >= 4 is 38.5 Å². The van der Waals surface area contributed by atoms with Gasteiger partial charge in [0, 0.05) is 21.1 Å². The number of ether oxygens (including phenoxy) is 1. The Morgan fingerprint density at radius 3 is 2.95 bits per heavy atom. The van der Waals surface area contributed by atoms with Gasteiger partial charge >= 0.3 is 0 Å². The highest BCUT2D eigenvalue weighted by Crippen LogP contribution is 2.39. The number of aryl methyl sites for hydroxylation is 1. The summed E-state index contributed by atoms with van der Waals surface area (Å²) in [6.07, 6.45) is 6.26. The maximum absolute atomic E-state index is 9.45. The van der Waals surface area contributed by atoms with Crippen LogP contribution in [0.5, 0.6) is 5.75 Å². The molecule has 1 aromatic heterocycles. The van der Waals surface area contributed by atoms with E-state index in [1.807, 2.05) is 18.2 Å². The van der Waals surface area contributed by atoms with Gasteiger partial charge in [0.2, 0.25) is 0 Å². The van der Waals surface area contributed by atoms with E-state index >= 15 is 0 Å². The van der Waals surface area contributed by atoms with Gasteiger partial charge in [0.15, 0.2) is 0 Å². The Balaban J connectivity index is 1.96. The Labute approximate surface area is 142 Å². The lowest BCUT2D eigenvalue weighted by Crippen LogP contribution is -1.99. The van der Waals surface area contributed by atoms with Crippen LogP contribution >= 0.6 is 27.3 Å². The molecule has 0 amide bonds. The molecule has 1 aromatic carbocycles. The lowest BCUT2D eigenvalue weighted by Gasteiger charge is -2.09. The van der Waals surface area contributed by atoms with Crippen molar-refractivity contribution in [3.63, 3.8) is 0 Å². The van der Waals surface area contributed by atoms with Crippen molar-refractivity contribution in [3.8, 4) is 11.8 Å². The monoisotopic (exact) mass is 374 g/mol. The molecule has 1 aliphatic carbocycles. The van der Waals surface area contributed by atoms with Crippen LogP contribution in [0.2, 0.25) is 0 Å². The third-order valence-electron chi connectivity index (χ3n) is 3.79. The molecule has 0 N–H and O–H groups in total. The number of benzene rings is 1. The first kappa shape index (κ1) is 15.3. The standard InChI is InChI=1S/C17H15BrN2OS/c1-21-12-6-7-15(18)11(8-12)10-20-17-14(9-19)13-4-2-3-5-16(13)22-17/h6-8,10H,2-5H2,1H3/b20-10+. The first-order valence-electron chi connectivity index (χ1n) is 7.15. The number of hydrogen-bond donors (Lipinski definition) is 0. The Kier molecular flexibility index (Phi) is 4.60. The van der Waals surface area contributed by atoms with E-state index in [-0.39, 0.29) is 0 Å². The summed E-state index contributed by atoms with van der Waals surface area (Å²) < 4.78 is 6.20. The smallest absolute Gasteiger partial charge is 0.134 e. The van der Waals surface area contributed by atoms with Gasteiger partial charge in [0.25, 0.3) is 0 Å². The molecular weight excluding hydrogens is 360 g/mol. The van der Waals surface area contributed by atoms with Crippen molar-refractivity contribution in [1.82, 2.24) is 0 Å². The number of thiophene rings is 1. The van der Waals surface area contributed by atoms with Gasteiger partial charge in [-0.05, 0) is 49.4 Å². The van der Waals surface area contributed by atoms with Gasteiger partial charge in [-0.1, -0.05) is 15.9 Å². The maximum Gasteiger partial charge on any atom is 0.134 e. The highest BCUT2D eigenvalue weighted by Gasteiger charge is 2.20. The summed E-state index contributed by atoms with van der Waals surface area (Å²) in [5.74, 6) is 0.788. The van der Waals surface area contributed by atoms with Gasteiger partial charge in [-0.15, -0.1) is 11.3 Å². The summed E-state index contributed by atoms with van der Waals surface area (Å²) in [6, 6.07) is 8.09. The summed E-state index contributed by atoms with van der Waals surface area (Å²) in [5, 5.41) is 10.3. The zero-order chi connectivity index (χ0) is 15.5. The van der Waals surface area contributed by atoms with Crippen molar-refractivity contribution in [2.75, 3.05) is 7.11 Å². The van der Waals surface area contributed by atoms with E-state index in [4.69, 9.17) is 4.74 Å². The molecule has 0 radical (unpaired) electrons. The molecule has 0 unspecified atom stereocenters. The molecule has 3 rings (SSSR count). The van der Waals surface area contributed by atoms with Crippen LogP contribution in [0.15, 0.2) is 27.7 Å². The lowest BCUT2D eigenvalue weighted by atomic mass is 9.96. The molecular formula is C17H15BrN2OS. The Morgan fingerprint density at radius 2 is 2.18 bits per heavy atom. The summed E-state index contributed by atoms with van der Waals surface area (Å²) in [4.78, 5) is 5.91. The number of hydrogen-bond acceptors (Lipinski definition) is 4. The summed E-state index contributed by atoms with van der Waals surface area (Å²) in [5.41, 5.74) is 2.92. The summed E-state index contributed by atoms with van der Waals surface area (Å²) >= 11 is 5.17. The van der Waals surface area contributed by atoms with Crippen molar-refractivity contribution in [1.29, 1.82) is 5.26 Å². The van der Waals surface area contributed by atoms with Crippen LogP contribution in [0.25, 0.3) is 0 Å². The molecule has 3 nitrogen and oxygen atoms in total. The molecule has 1 heterocycles. The SMILES string of the molecule is COc1ccc(Br)c(/C=N/c2sc3c(c2C#N)CCCC3)c1. The molecule has 0 saturated carbocycles. The number of methoxy groups -OCH3 is 1. The molecule has 1 aliphatic rings. The molecule has 0 saturated heterocycles. The Hall–Kier alpha value is -1.64. The van der Waals surface area contributed by atoms with Gasteiger partial charge in [0.05, 0.1) is 12.7 Å². The van der Waals surface area contributed by atoms with E-state index in [2.05, 4.69) is 27.0 Å². The van der Waals surface area contributed by atoms with Crippen LogP contribution < -0.4 is 4.74 Å². The van der Waals surface area contributed by atoms with Crippen LogP contribution in [-0.4, -0.2) is 13.3 Å². The van der Waals surface area contributed by atoms with E-state index < -0.39 is 0 Å². The summed E-state index contributed by atoms with van der Waals surface area (Å²) in [7, 11) is 1.64. The minimum atomic E-state index is 0.759. The highest BCUT2D eigenvalue weighted by atomic mass is 79.9. The first-order valence-corrected chi connectivity index (χ1v) is 8.76. The number of halogens is 1. The first-order chi connectivity index (χ1) is 10.7. The summed E-state index contributed by atoms with van der Waals surface area (Å²) in [6.45, 7) is 0. The predicted molar refractivity (Wildman–Crippen MR) is 93.6 cm³/mol. The number of fused-ring (bicyclic) bond motifs is 1. The minimum Gasteiger partial charge on any atom is -0.497 e. The van der Waals surface area contributed by atoms with Gasteiger partial charge in [-0.3, -0.25) is 0 Å². The van der Waals surface area contributed by atoms with Gasteiger partial charge in [-0.2, -0.15) is 5.26 Å². The highest BCUT2D eigenvalue weighted by molar-refractivity contribution is 9.10. The van der Waals surface area contributed by atoms with Crippen molar-refractivity contribution in [2.45, 2.75) is 25.7 Å². The maximum atomic E-state index is 9.45.